The summed E-state index contributed by atoms with van der Waals surface area (Å²) in [5.74, 6) is -0.397. The maximum atomic E-state index is 11.9. The van der Waals surface area contributed by atoms with Gasteiger partial charge in [0, 0.05) is 18.5 Å². The highest BCUT2D eigenvalue weighted by molar-refractivity contribution is 6.30. The van der Waals surface area contributed by atoms with Gasteiger partial charge in [-0.2, -0.15) is 5.10 Å². The molecule has 22 heavy (non-hydrogen) atoms. The number of aromatic nitrogens is 2. The zero-order valence-electron chi connectivity index (χ0n) is 11.6. The molecule has 2 heterocycles. The lowest BCUT2D eigenvalue weighted by Gasteiger charge is -2.10. The van der Waals surface area contributed by atoms with Crippen LogP contribution in [0.4, 0.5) is 0 Å². The van der Waals surface area contributed by atoms with Crippen molar-refractivity contribution in [1.29, 1.82) is 0 Å². The van der Waals surface area contributed by atoms with Crippen LogP contribution >= 0.6 is 11.6 Å². The van der Waals surface area contributed by atoms with E-state index in [2.05, 4.69) is 15.5 Å². The number of hydrogen-bond acceptors (Lipinski definition) is 5. The van der Waals surface area contributed by atoms with E-state index < -0.39 is 17.1 Å². The molecule has 1 aromatic heterocycles. The predicted octanol–water partition coefficient (Wildman–Crippen LogP) is 0.871. The van der Waals surface area contributed by atoms with Gasteiger partial charge in [0.05, 0.1) is 11.8 Å². The molecule has 8 heteroatoms. The standard InChI is InChI=1S/C14H13ClN4O3/c1-19-13(21)11(12(20)16-14(19)22)10-6-9(17-18-10)7-2-4-8(15)5-3-7/h2-5,9,17,21H,6H2,1H3,(H,16,20,22)/t9-/m0/s1. The molecule has 3 rings (SSSR count). The van der Waals surface area contributed by atoms with Crippen molar-refractivity contribution in [3.8, 4) is 5.88 Å². The third kappa shape index (κ3) is 2.39. The molecule has 1 aliphatic heterocycles. The van der Waals surface area contributed by atoms with Crippen LogP contribution < -0.4 is 16.7 Å². The van der Waals surface area contributed by atoms with Gasteiger partial charge in [-0.15, -0.1) is 0 Å². The third-order valence-corrected chi connectivity index (χ3v) is 3.86. The highest BCUT2D eigenvalue weighted by Gasteiger charge is 2.26. The second-order valence-electron chi connectivity index (χ2n) is 5.01. The van der Waals surface area contributed by atoms with E-state index in [1.54, 1.807) is 12.1 Å². The summed E-state index contributed by atoms with van der Waals surface area (Å²) in [6.07, 6.45) is 0.413. The number of aromatic hydroxyl groups is 1. The Kier molecular flexibility index (Phi) is 3.50. The molecule has 1 atom stereocenters. The molecule has 0 unspecified atom stereocenters. The lowest BCUT2D eigenvalue weighted by Crippen LogP contribution is -2.32. The molecule has 0 radical (unpaired) electrons. The number of benzene rings is 1. The maximum absolute atomic E-state index is 11.9. The number of halogens is 1. The zero-order chi connectivity index (χ0) is 15.9. The summed E-state index contributed by atoms with van der Waals surface area (Å²) >= 11 is 5.86. The van der Waals surface area contributed by atoms with Crippen molar-refractivity contribution in [2.75, 3.05) is 0 Å². The first kappa shape index (κ1) is 14.4. The molecular formula is C14H13ClN4O3. The Labute approximate surface area is 129 Å². The first-order valence-corrected chi connectivity index (χ1v) is 6.95. The quantitative estimate of drug-likeness (QED) is 0.764. The van der Waals surface area contributed by atoms with Crippen molar-refractivity contribution in [3.05, 3.63) is 61.3 Å². The number of nitrogens with zero attached hydrogens (tertiary/aromatic N) is 2. The monoisotopic (exact) mass is 320 g/mol. The number of rotatable bonds is 2. The van der Waals surface area contributed by atoms with Crippen LogP contribution in [-0.2, 0) is 7.05 Å². The Balaban J connectivity index is 1.93. The second-order valence-corrected chi connectivity index (χ2v) is 5.45. The molecule has 3 N–H and O–H groups in total. The summed E-state index contributed by atoms with van der Waals surface area (Å²) in [5.41, 5.74) is 2.96. The van der Waals surface area contributed by atoms with E-state index in [0.29, 0.717) is 17.2 Å². The van der Waals surface area contributed by atoms with Crippen LogP contribution in [0, 0.1) is 0 Å². The van der Waals surface area contributed by atoms with E-state index in [0.717, 1.165) is 10.1 Å². The zero-order valence-corrected chi connectivity index (χ0v) is 12.4. The molecule has 0 saturated carbocycles. The normalized spacial score (nSPS) is 17.2. The van der Waals surface area contributed by atoms with Crippen LogP contribution in [0.15, 0.2) is 39.0 Å². The van der Waals surface area contributed by atoms with E-state index in [9.17, 15) is 14.7 Å². The van der Waals surface area contributed by atoms with Gasteiger partial charge in [0.25, 0.3) is 5.56 Å². The van der Waals surface area contributed by atoms with Crippen molar-refractivity contribution >= 4 is 17.3 Å². The summed E-state index contributed by atoms with van der Waals surface area (Å²) in [7, 11) is 1.37. The lowest BCUT2D eigenvalue weighted by atomic mass is 10.0. The molecule has 1 aliphatic rings. The molecule has 7 nitrogen and oxygen atoms in total. The van der Waals surface area contributed by atoms with Crippen molar-refractivity contribution in [3.63, 3.8) is 0 Å². The topological polar surface area (TPSA) is 99.5 Å². The second kappa shape index (κ2) is 5.34. The van der Waals surface area contributed by atoms with Gasteiger partial charge in [0.15, 0.2) is 0 Å². The van der Waals surface area contributed by atoms with Gasteiger partial charge in [-0.05, 0) is 17.7 Å². The number of hydrogen-bond donors (Lipinski definition) is 3. The van der Waals surface area contributed by atoms with Crippen LogP contribution in [0.25, 0.3) is 0 Å². The predicted molar refractivity (Wildman–Crippen MR) is 82.5 cm³/mol. The Morgan fingerprint density at radius 1 is 1.32 bits per heavy atom. The minimum absolute atomic E-state index is 0.00561. The largest absolute Gasteiger partial charge is 0.494 e. The SMILES string of the molecule is Cn1c(O)c(C2=NN[C@H](c3ccc(Cl)cc3)C2)c(=O)[nH]c1=O. The van der Waals surface area contributed by atoms with Gasteiger partial charge in [-0.25, -0.2) is 4.79 Å². The Hall–Kier alpha value is -2.54. The van der Waals surface area contributed by atoms with E-state index >= 15 is 0 Å². The molecule has 0 aliphatic carbocycles. The third-order valence-electron chi connectivity index (χ3n) is 3.61. The van der Waals surface area contributed by atoms with Crippen LogP contribution in [0.2, 0.25) is 5.02 Å². The minimum atomic E-state index is -0.674. The molecule has 114 valence electrons. The molecule has 2 aromatic rings. The number of hydrazone groups is 1. The summed E-state index contributed by atoms with van der Waals surface area (Å²) < 4.78 is 0.967. The summed E-state index contributed by atoms with van der Waals surface area (Å²) in [6, 6.07) is 7.15. The highest BCUT2D eigenvalue weighted by Crippen LogP contribution is 2.26. The molecule has 0 saturated heterocycles. The van der Waals surface area contributed by atoms with Crippen LogP contribution in [-0.4, -0.2) is 20.4 Å². The highest BCUT2D eigenvalue weighted by atomic mass is 35.5. The number of H-pyrrole nitrogens is 1. The fourth-order valence-electron chi connectivity index (χ4n) is 2.35. The van der Waals surface area contributed by atoms with Crippen molar-refractivity contribution in [2.24, 2.45) is 12.1 Å². The molecule has 0 amide bonds. The minimum Gasteiger partial charge on any atom is -0.494 e. The van der Waals surface area contributed by atoms with Gasteiger partial charge in [-0.3, -0.25) is 14.3 Å². The molecule has 0 spiro atoms. The van der Waals surface area contributed by atoms with Gasteiger partial charge in [0.1, 0.15) is 5.56 Å². The number of aromatic amines is 1. The first-order valence-electron chi connectivity index (χ1n) is 6.57. The number of nitrogens with one attached hydrogen (secondary N) is 2. The van der Waals surface area contributed by atoms with E-state index in [4.69, 9.17) is 11.6 Å². The summed E-state index contributed by atoms with van der Waals surface area (Å²) in [6.45, 7) is 0. The Morgan fingerprint density at radius 3 is 2.68 bits per heavy atom. The molecular weight excluding hydrogens is 308 g/mol. The fraction of sp³-hybridized carbons (Fsp3) is 0.214. The fourth-order valence-corrected chi connectivity index (χ4v) is 2.48. The van der Waals surface area contributed by atoms with Gasteiger partial charge < -0.3 is 10.5 Å². The van der Waals surface area contributed by atoms with Crippen molar-refractivity contribution in [2.45, 2.75) is 12.5 Å². The van der Waals surface area contributed by atoms with Crippen molar-refractivity contribution < 1.29 is 5.11 Å². The van der Waals surface area contributed by atoms with Gasteiger partial charge >= 0.3 is 5.69 Å². The van der Waals surface area contributed by atoms with Crippen LogP contribution in [0.1, 0.15) is 23.6 Å². The van der Waals surface area contributed by atoms with Gasteiger partial charge in [0.2, 0.25) is 5.88 Å². The van der Waals surface area contributed by atoms with Crippen LogP contribution in [0.5, 0.6) is 5.88 Å². The van der Waals surface area contributed by atoms with Crippen molar-refractivity contribution in [1.82, 2.24) is 15.0 Å². The van der Waals surface area contributed by atoms with Gasteiger partial charge in [-0.1, -0.05) is 23.7 Å². The molecule has 0 bridgehead atoms. The van der Waals surface area contributed by atoms with Crippen LogP contribution in [0.3, 0.4) is 0 Å². The molecule has 1 aromatic carbocycles. The smallest absolute Gasteiger partial charge is 0.330 e. The maximum Gasteiger partial charge on any atom is 0.330 e. The Bertz CT molecular complexity index is 867. The van der Waals surface area contributed by atoms with E-state index in [1.807, 2.05) is 12.1 Å². The lowest BCUT2D eigenvalue weighted by molar-refractivity contribution is 0.416. The summed E-state index contributed by atoms with van der Waals surface area (Å²) in [5, 5.41) is 14.8. The average molecular weight is 321 g/mol. The average Bonchev–Trinajstić information content (AvgIpc) is 2.95. The van der Waals surface area contributed by atoms with E-state index in [1.165, 1.54) is 7.05 Å². The molecule has 0 fully saturated rings. The summed E-state index contributed by atoms with van der Waals surface area (Å²) in [4.78, 5) is 25.5. The Morgan fingerprint density at radius 2 is 2.00 bits per heavy atom. The first-order chi connectivity index (χ1) is 10.5. The van der Waals surface area contributed by atoms with E-state index in [-0.39, 0.29) is 11.6 Å².